The quantitative estimate of drug-likeness (QED) is 0.267. The number of rotatable bonds is 11. The van der Waals surface area contributed by atoms with Gasteiger partial charge in [0, 0.05) is 28.4 Å². The minimum atomic E-state index is -1.00. The van der Waals surface area contributed by atoms with Gasteiger partial charge in [0.05, 0.1) is 5.52 Å². The number of aliphatic hydroxyl groups is 1. The number of carboxylic acids is 1. The highest BCUT2D eigenvalue weighted by Gasteiger charge is 2.20. The van der Waals surface area contributed by atoms with Crippen molar-refractivity contribution in [3.8, 4) is 11.5 Å². The largest absolute Gasteiger partial charge is 0.490 e. The zero-order valence-electron chi connectivity index (χ0n) is 19.4. The lowest BCUT2D eigenvalue weighted by Crippen LogP contribution is -2.46. The molecule has 4 aromatic rings. The van der Waals surface area contributed by atoms with E-state index in [2.05, 4.69) is 30.2 Å². The van der Waals surface area contributed by atoms with Gasteiger partial charge in [-0.05, 0) is 56.2 Å². The molecule has 4 N–H and O–H groups in total. The van der Waals surface area contributed by atoms with Crippen molar-refractivity contribution in [2.45, 2.75) is 31.9 Å². The van der Waals surface area contributed by atoms with Gasteiger partial charge in [-0.15, -0.1) is 0 Å². The van der Waals surface area contributed by atoms with E-state index in [0.29, 0.717) is 12.3 Å². The zero-order valence-corrected chi connectivity index (χ0v) is 19.4. The van der Waals surface area contributed by atoms with E-state index >= 15 is 0 Å². The SMILES string of the molecule is CC(C)(Cc1ccc(OCC(=O)O)cc1)NCC(O)COc1cccc2[nH]c3ccccc3c12. The van der Waals surface area contributed by atoms with Crippen LogP contribution >= 0.6 is 0 Å². The molecule has 3 aromatic carbocycles. The molecule has 34 heavy (non-hydrogen) atoms. The maximum absolute atomic E-state index is 10.6. The molecular formula is C27H30N2O5. The minimum Gasteiger partial charge on any atom is -0.490 e. The number of carboxylic acid groups (broad SMARTS) is 1. The second-order valence-electron chi connectivity index (χ2n) is 9.08. The van der Waals surface area contributed by atoms with Gasteiger partial charge in [0.15, 0.2) is 6.61 Å². The topological polar surface area (TPSA) is 104 Å². The molecule has 1 heterocycles. The lowest BCUT2D eigenvalue weighted by Gasteiger charge is -2.28. The number of H-pyrrole nitrogens is 1. The lowest BCUT2D eigenvalue weighted by atomic mass is 9.94. The van der Waals surface area contributed by atoms with Crippen LogP contribution in [0, 0.1) is 0 Å². The molecule has 178 valence electrons. The molecule has 0 bridgehead atoms. The monoisotopic (exact) mass is 462 g/mol. The third-order valence-corrected chi connectivity index (χ3v) is 5.67. The Morgan fingerprint density at radius 1 is 1.00 bits per heavy atom. The third-order valence-electron chi connectivity index (χ3n) is 5.67. The van der Waals surface area contributed by atoms with E-state index in [1.165, 1.54) is 0 Å². The van der Waals surface area contributed by atoms with Gasteiger partial charge in [0.1, 0.15) is 24.2 Å². The third kappa shape index (κ3) is 5.87. The van der Waals surface area contributed by atoms with Gasteiger partial charge in [0.25, 0.3) is 0 Å². The second kappa shape index (κ2) is 10.2. The Morgan fingerprint density at radius 2 is 1.74 bits per heavy atom. The highest BCUT2D eigenvalue weighted by atomic mass is 16.5. The highest BCUT2D eigenvalue weighted by Crippen LogP contribution is 2.33. The van der Waals surface area contributed by atoms with Crippen molar-refractivity contribution in [3.63, 3.8) is 0 Å². The number of hydrogen-bond acceptors (Lipinski definition) is 5. The number of hydrogen-bond donors (Lipinski definition) is 4. The number of aliphatic hydroxyl groups excluding tert-OH is 1. The number of nitrogens with one attached hydrogen (secondary N) is 2. The fraction of sp³-hybridized carbons (Fsp3) is 0.296. The zero-order chi connectivity index (χ0) is 24.1. The van der Waals surface area contributed by atoms with E-state index in [0.717, 1.165) is 39.5 Å². The molecule has 1 atom stereocenters. The Labute approximate surface area is 198 Å². The van der Waals surface area contributed by atoms with E-state index in [1.807, 2.05) is 48.5 Å². The number of benzene rings is 3. The van der Waals surface area contributed by atoms with Gasteiger partial charge >= 0.3 is 5.97 Å². The summed E-state index contributed by atoms with van der Waals surface area (Å²) in [6, 6.07) is 21.4. The van der Waals surface area contributed by atoms with Crippen molar-refractivity contribution < 1.29 is 24.5 Å². The summed E-state index contributed by atoms with van der Waals surface area (Å²) in [5, 5.41) is 24.8. The number of aromatic nitrogens is 1. The molecule has 0 aliphatic rings. The van der Waals surface area contributed by atoms with E-state index in [4.69, 9.17) is 14.6 Å². The first-order chi connectivity index (χ1) is 16.3. The van der Waals surface area contributed by atoms with Crippen LogP contribution in [-0.4, -0.2) is 52.6 Å². The van der Waals surface area contributed by atoms with Crippen molar-refractivity contribution in [2.75, 3.05) is 19.8 Å². The fourth-order valence-corrected chi connectivity index (χ4v) is 4.05. The molecule has 1 unspecified atom stereocenters. The molecule has 0 amide bonds. The Hall–Kier alpha value is -3.55. The van der Waals surface area contributed by atoms with Crippen LogP contribution in [0.15, 0.2) is 66.7 Å². The van der Waals surface area contributed by atoms with Crippen molar-refractivity contribution in [2.24, 2.45) is 0 Å². The molecular weight excluding hydrogens is 432 g/mol. The molecule has 0 spiro atoms. The van der Waals surface area contributed by atoms with Crippen molar-refractivity contribution in [1.29, 1.82) is 0 Å². The summed E-state index contributed by atoms with van der Waals surface area (Å²) >= 11 is 0. The molecule has 0 aliphatic heterocycles. The van der Waals surface area contributed by atoms with Crippen LogP contribution in [0.4, 0.5) is 0 Å². The number of fused-ring (bicyclic) bond motifs is 3. The average Bonchev–Trinajstić information content (AvgIpc) is 3.20. The van der Waals surface area contributed by atoms with Crippen LogP contribution in [-0.2, 0) is 11.2 Å². The van der Waals surface area contributed by atoms with Crippen molar-refractivity contribution in [1.82, 2.24) is 10.3 Å². The first-order valence-corrected chi connectivity index (χ1v) is 11.3. The summed E-state index contributed by atoms with van der Waals surface area (Å²) in [6.07, 6.45) is 0.0561. The van der Waals surface area contributed by atoms with E-state index < -0.39 is 12.1 Å². The summed E-state index contributed by atoms with van der Waals surface area (Å²) in [4.78, 5) is 14.0. The highest BCUT2D eigenvalue weighted by molar-refractivity contribution is 6.10. The first-order valence-electron chi connectivity index (χ1n) is 11.3. The molecule has 0 radical (unpaired) electrons. The molecule has 0 fully saturated rings. The average molecular weight is 463 g/mol. The molecule has 1 aromatic heterocycles. The van der Waals surface area contributed by atoms with Gasteiger partial charge in [-0.1, -0.05) is 36.4 Å². The standard InChI is InChI=1S/C27H30N2O5/c1-27(2,14-18-10-12-20(13-11-18)33-17-25(31)32)28-15-19(30)16-34-24-9-5-8-23-26(24)21-6-3-4-7-22(21)29-23/h3-13,19,28-30H,14-17H2,1-2H3,(H,31,32). The Balaban J connectivity index is 1.30. The number of carbonyl (C=O) groups is 1. The number of aromatic amines is 1. The normalized spacial score (nSPS) is 12.7. The molecule has 0 saturated heterocycles. The van der Waals surface area contributed by atoms with Crippen LogP contribution < -0.4 is 14.8 Å². The van der Waals surface area contributed by atoms with Crippen LogP contribution in [0.1, 0.15) is 19.4 Å². The molecule has 7 heteroatoms. The van der Waals surface area contributed by atoms with Crippen LogP contribution in [0.3, 0.4) is 0 Å². The summed E-state index contributed by atoms with van der Waals surface area (Å²) in [5.41, 5.74) is 2.88. The van der Waals surface area contributed by atoms with Gasteiger partial charge in [-0.2, -0.15) is 0 Å². The lowest BCUT2D eigenvalue weighted by molar-refractivity contribution is -0.139. The van der Waals surface area contributed by atoms with Crippen LogP contribution in [0.5, 0.6) is 11.5 Å². The maximum Gasteiger partial charge on any atom is 0.341 e. The summed E-state index contributed by atoms with van der Waals surface area (Å²) < 4.78 is 11.2. The maximum atomic E-state index is 10.6. The van der Waals surface area contributed by atoms with E-state index in [-0.39, 0.29) is 18.8 Å². The van der Waals surface area contributed by atoms with Crippen LogP contribution in [0.2, 0.25) is 0 Å². The first kappa shape index (κ1) is 23.6. The van der Waals surface area contributed by atoms with Crippen molar-refractivity contribution in [3.05, 3.63) is 72.3 Å². The summed E-state index contributed by atoms with van der Waals surface area (Å²) in [5.74, 6) is 0.267. The number of para-hydroxylation sites is 1. The Kier molecular flexibility index (Phi) is 7.05. The Morgan fingerprint density at radius 3 is 2.50 bits per heavy atom. The molecule has 0 aliphatic carbocycles. The number of aliphatic carboxylic acids is 1. The molecule has 0 saturated carbocycles. The predicted octanol–water partition coefficient (Wildman–Crippen LogP) is 4.14. The van der Waals surface area contributed by atoms with Gasteiger partial charge < -0.3 is 30.0 Å². The summed E-state index contributed by atoms with van der Waals surface area (Å²) in [7, 11) is 0. The van der Waals surface area contributed by atoms with Gasteiger partial charge in [-0.25, -0.2) is 4.79 Å². The molecule has 4 rings (SSSR count). The predicted molar refractivity (Wildman–Crippen MR) is 133 cm³/mol. The van der Waals surface area contributed by atoms with Crippen molar-refractivity contribution >= 4 is 27.8 Å². The Bertz CT molecular complexity index is 1260. The summed E-state index contributed by atoms with van der Waals surface area (Å²) in [6.45, 7) is 4.35. The van der Waals surface area contributed by atoms with Gasteiger partial charge in [-0.3, -0.25) is 0 Å². The van der Waals surface area contributed by atoms with Crippen LogP contribution in [0.25, 0.3) is 21.8 Å². The minimum absolute atomic E-state index is 0.178. The van der Waals surface area contributed by atoms with E-state index in [9.17, 15) is 9.90 Å². The fourth-order valence-electron chi connectivity index (χ4n) is 4.05. The number of β-amino-alcohol motifs (C(OH)–C–C–N with tert-alkyl or cyclic N) is 1. The second-order valence-corrected chi connectivity index (χ2v) is 9.08. The van der Waals surface area contributed by atoms with E-state index in [1.54, 1.807) is 12.1 Å². The van der Waals surface area contributed by atoms with Gasteiger partial charge in [0.2, 0.25) is 0 Å². The number of ether oxygens (including phenoxy) is 2. The molecule has 7 nitrogen and oxygen atoms in total. The smallest absolute Gasteiger partial charge is 0.341 e.